The number of benzene rings is 2. The number of nitrogen functional groups attached to an aromatic ring is 1. The Morgan fingerprint density at radius 1 is 1.22 bits per heavy atom. The monoisotopic (exact) mass is 310 g/mol. The lowest BCUT2D eigenvalue weighted by atomic mass is 10.1. The number of nitrogens with one attached hydrogen (secondary N) is 1. The molecule has 0 aliphatic carbocycles. The van der Waals surface area contributed by atoms with Crippen molar-refractivity contribution in [2.24, 2.45) is 0 Å². The first kappa shape index (κ1) is 16.6. The number of hydrogen-bond acceptors (Lipinski definition) is 3. The summed E-state index contributed by atoms with van der Waals surface area (Å²) in [5, 5.41) is 2.73. The predicted octanol–water partition coefficient (Wildman–Crippen LogP) is 3.91. The molecule has 0 aromatic heterocycles. The maximum absolute atomic E-state index is 11.6. The summed E-state index contributed by atoms with van der Waals surface area (Å²) in [6, 6.07) is 15.4. The Morgan fingerprint density at radius 2 is 2.00 bits per heavy atom. The quantitative estimate of drug-likeness (QED) is 0.628. The topological polar surface area (TPSA) is 64.3 Å². The van der Waals surface area contributed by atoms with Gasteiger partial charge in [-0.25, -0.2) is 4.79 Å². The number of hydrogen-bond donors (Lipinski definition) is 2. The zero-order chi connectivity index (χ0) is 16.5. The zero-order valence-electron chi connectivity index (χ0n) is 13.3. The van der Waals surface area contributed by atoms with E-state index >= 15 is 0 Å². The molecule has 0 radical (unpaired) electrons. The van der Waals surface area contributed by atoms with Crippen molar-refractivity contribution < 1.29 is 9.53 Å². The average Bonchev–Trinajstić information content (AvgIpc) is 2.55. The third-order valence-electron chi connectivity index (χ3n) is 3.38. The molecule has 0 atom stereocenters. The number of alkyl carbamates (subject to hydrolysis) is 1. The van der Waals surface area contributed by atoms with Crippen molar-refractivity contribution in [1.29, 1.82) is 0 Å². The highest BCUT2D eigenvalue weighted by atomic mass is 16.5. The summed E-state index contributed by atoms with van der Waals surface area (Å²) in [6.07, 6.45) is 4.40. The van der Waals surface area contributed by atoms with E-state index in [1.807, 2.05) is 67.6 Å². The summed E-state index contributed by atoms with van der Waals surface area (Å²) < 4.78 is 5.14. The van der Waals surface area contributed by atoms with Crippen LogP contribution in [0, 0.1) is 6.92 Å². The number of amides is 1. The molecule has 0 unspecified atom stereocenters. The van der Waals surface area contributed by atoms with Crippen molar-refractivity contribution in [3.63, 3.8) is 0 Å². The predicted molar refractivity (Wildman–Crippen MR) is 93.9 cm³/mol. The molecule has 4 heteroatoms. The minimum Gasteiger partial charge on any atom is -0.445 e. The number of ether oxygens (including phenoxy) is 1. The number of carbonyl (C=O) groups excluding carboxylic acids is 1. The van der Waals surface area contributed by atoms with Crippen molar-refractivity contribution in [3.05, 3.63) is 71.3 Å². The van der Waals surface area contributed by atoms with Crippen LogP contribution in [0.25, 0.3) is 6.08 Å². The van der Waals surface area contributed by atoms with Crippen LogP contribution < -0.4 is 11.1 Å². The second kappa shape index (κ2) is 8.63. The molecule has 1 amide bonds. The van der Waals surface area contributed by atoms with Crippen LogP contribution in [0.3, 0.4) is 0 Å². The molecule has 3 N–H and O–H groups in total. The molecule has 2 aromatic carbocycles. The van der Waals surface area contributed by atoms with Crippen LogP contribution >= 0.6 is 0 Å². The standard InChI is InChI=1S/C19H22N2O2/c1-15-13-18(20)11-10-17(15)9-5-6-12-21-19(22)23-14-16-7-3-2-4-8-16/h2-5,7-11,13H,6,12,14,20H2,1H3,(H,21,22). The number of carbonyl (C=O) groups is 1. The SMILES string of the molecule is Cc1cc(N)ccc1C=CCCNC(=O)OCc1ccccc1. The van der Waals surface area contributed by atoms with E-state index < -0.39 is 6.09 Å². The molecule has 0 spiro atoms. The fourth-order valence-corrected chi connectivity index (χ4v) is 2.13. The third kappa shape index (κ3) is 5.87. The van der Waals surface area contributed by atoms with Gasteiger partial charge < -0.3 is 15.8 Å². The Hall–Kier alpha value is -2.75. The van der Waals surface area contributed by atoms with Crippen molar-refractivity contribution >= 4 is 17.9 Å². The van der Waals surface area contributed by atoms with Gasteiger partial charge >= 0.3 is 6.09 Å². The first-order valence-corrected chi connectivity index (χ1v) is 7.62. The largest absolute Gasteiger partial charge is 0.445 e. The maximum atomic E-state index is 11.6. The zero-order valence-corrected chi connectivity index (χ0v) is 13.3. The van der Waals surface area contributed by atoms with Gasteiger partial charge in [0.15, 0.2) is 0 Å². The summed E-state index contributed by atoms with van der Waals surface area (Å²) in [4.78, 5) is 11.6. The molecule has 0 aliphatic rings. The highest BCUT2D eigenvalue weighted by molar-refractivity contribution is 5.67. The maximum Gasteiger partial charge on any atom is 0.407 e. The molecular formula is C19H22N2O2. The van der Waals surface area contributed by atoms with Crippen molar-refractivity contribution in [3.8, 4) is 0 Å². The van der Waals surface area contributed by atoms with Crippen LogP contribution in [0.2, 0.25) is 0 Å². The van der Waals surface area contributed by atoms with Gasteiger partial charge in [-0.2, -0.15) is 0 Å². The third-order valence-corrected chi connectivity index (χ3v) is 3.38. The highest BCUT2D eigenvalue weighted by Gasteiger charge is 2.00. The van der Waals surface area contributed by atoms with Crippen molar-refractivity contribution in [1.82, 2.24) is 5.32 Å². The molecule has 0 heterocycles. The van der Waals surface area contributed by atoms with Crippen LogP contribution in [0.15, 0.2) is 54.6 Å². The van der Waals surface area contributed by atoms with E-state index in [0.717, 1.165) is 28.8 Å². The fourth-order valence-electron chi connectivity index (χ4n) is 2.13. The van der Waals surface area contributed by atoms with Gasteiger partial charge in [-0.05, 0) is 42.2 Å². The van der Waals surface area contributed by atoms with E-state index in [4.69, 9.17) is 10.5 Å². The van der Waals surface area contributed by atoms with E-state index in [1.54, 1.807) is 0 Å². The molecule has 2 rings (SSSR count). The molecule has 2 aromatic rings. The number of anilines is 1. The second-order valence-corrected chi connectivity index (χ2v) is 5.30. The van der Waals surface area contributed by atoms with Gasteiger partial charge in [0.1, 0.15) is 6.61 Å². The van der Waals surface area contributed by atoms with E-state index in [9.17, 15) is 4.79 Å². The lowest BCUT2D eigenvalue weighted by Crippen LogP contribution is -2.24. The van der Waals surface area contributed by atoms with E-state index in [0.29, 0.717) is 6.54 Å². The Balaban J connectivity index is 1.66. The molecule has 0 saturated carbocycles. The summed E-state index contributed by atoms with van der Waals surface area (Å²) >= 11 is 0. The average molecular weight is 310 g/mol. The fraction of sp³-hybridized carbons (Fsp3) is 0.211. The second-order valence-electron chi connectivity index (χ2n) is 5.30. The first-order chi connectivity index (χ1) is 11.1. The molecule has 120 valence electrons. The summed E-state index contributed by atoms with van der Waals surface area (Å²) in [6.45, 7) is 2.85. The van der Waals surface area contributed by atoms with Gasteiger partial charge in [-0.15, -0.1) is 0 Å². The van der Waals surface area contributed by atoms with Crippen LogP contribution in [0.5, 0.6) is 0 Å². The molecule has 23 heavy (non-hydrogen) atoms. The van der Waals surface area contributed by atoms with E-state index in [1.165, 1.54) is 0 Å². The summed E-state index contributed by atoms with van der Waals surface area (Å²) in [5.41, 5.74) is 9.73. The van der Waals surface area contributed by atoms with Crippen molar-refractivity contribution in [2.45, 2.75) is 20.0 Å². The lowest BCUT2D eigenvalue weighted by Gasteiger charge is -2.06. The van der Waals surface area contributed by atoms with Gasteiger partial charge in [0, 0.05) is 12.2 Å². The smallest absolute Gasteiger partial charge is 0.407 e. The highest BCUT2D eigenvalue weighted by Crippen LogP contribution is 2.14. The Kier molecular flexibility index (Phi) is 6.24. The summed E-state index contributed by atoms with van der Waals surface area (Å²) in [7, 11) is 0. The minimum absolute atomic E-state index is 0.285. The Bertz CT molecular complexity index is 666. The number of rotatable bonds is 6. The molecule has 0 saturated heterocycles. The van der Waals surface area contributed by atoms with Crippen molar-refractivity contribution in [2.75, 3.05) is 12.3 Å². The molecule has 4 nitrogen and oxygen atoms in total. The van der Waals surface area contributed by atoms with Gasteiger partial charge in [0.05, 0.1) is 0 Å². The van der Waals surface area contributed by atoms with Gasteiger partial charge in [0.25, 0.3) is 0 Å². The van der Waals surface area contributed by atoms with E-state index in [2.05, 4.69) is 5.32 Å². The van der Waals surface area contributed by atoms with Gasteiger partial charge in [-0.3, -0.25) is 0 Å². The molecule has 0 aliphatic heterocycles. The number of aryl methyl sites for hydroxylation is 1. The first-order valence-electron chi connectivity index (χ1n) is 7.62. The van der Waals surface area contributed by atoms with Crippen LogP contribution in [0.4, 0.5) is 10.5 Å². The van der Waals surface area contributed by atoms with Gasteiger partial charge in [0.2, 0.25) is 0 Å². The van der Waals surface area contributed by atoms with Crippen LogP contribution in [-0.4, -0.2) is 12.6 Å². The number of nitrogens with two attached hydrogens (primary N) is 1. The molecular weight excluding hydrogens is 288 g/mol. The normalized spacial score (nSPS) is 10.7. The van der Waals surface area contributed by atoms with E-state index in [-0.39, 0.29) is 6.61 Å². The molecule has 0 fully saturated rings. The Morgan fingerprint density at radius 3 is 2.74 bits per heavy atom. The van der Waals surface area contributed by atoms with Gasteiger partial charge in [-0.1, -0.05) is 48.6 Å². The Labute approximate surface area is 137 Å². The van der Waals surface area contributed by atoms with Crippen LogP contribution in [0.1, 0.15) is 23.1 Å². The molecule has 0 bridgehead atoms. The summed E-state index contributed by atoms with van der Waals surface area (Å²) in [5.74, 6) is 0. The minimum atomic E-state index is -0.397. The van der Waals surface area contributed by atoms with Crippen LogP contribution in [-0.2, 0) is 11.3 Å². The lowest BCUT2D eigenvalue weighted by molar-refractivity contribution is 0.140.